The van der Waals surface area contributed by atoms with Crippen LogP contribution in [0.25, 0.3) is 0 Å². The van der Waals surface area contributed by atoms with Crippen LogP contribution >= 0.6 is 0 Å². The highest BCUT2D eigenvalue weighted by molar-refractivity contribution is 5.94. The molecule has 166 valence electrons. The second-order valence-electron chi connectivity index (χ2n) is 8.46. The molecule has 1 aliphatic rings. The number of nitrogens with one attached hydrogen (secondary N) is 1. The van der Waals surface area contributed by atoms with Crippen molar-refractivity contribution in [3.63, 3.8) is 0 Å². The normalized spacial score (nSPS) is 15.8. The Kier molecular flexibility index (Phi) is 7.51. The zero-order chi connectivity index (χ0) is 22.2. The molecule has 4 rings (SSSR count). The van der Waals surface area contributed by atoms with Crippen LogP contribution in [0.1, 0.15) is 41.3 Å². The fourth-order valence-corrected chi connectivity index (χ4v) is 4.21. The van der Waals surface area contributed by atoms with E-state index in [0.29, 0.717) is 18.2 Å². The van der Waals surface area contributed by atoms with E-state index >= 15 is 0 Å². The summed E-state index contributed by atoms with van der Waals surface area (Å²) in [6.45, 7) is 4.83. The second-order valence-corrected chi connectivity index (χ2v) is 8.46. The van der Waals surface area contributed by atoms with Crippen molar-refractivity contribution in [3.05, 3.63) is 95.8 Å². The smallest absolute Gasteiger partial charge is 0.251 e. The van der Waals surface area contributed by atoms with E-state index in [4.69, 9.17) is 4.74 Å². The highest BCUT2D eigenvalue weighted by Crippen LogP contribution is 2.22. The van der Waals surface area contributed by atoms with Crippen LogP contribution in [0.4, 0.5) is 0 Å². The summed E-state index contributed by atoms with van der Waals surface area (Å²) >= 11 is 0. The van der Waals surface area contributed by atoms with Gasteiger partial charge in [0.15, 0.2) is 0 Å². The minimum atomic E-state index is -0.0849. The van der Waals surface area contributed by atoms with Crippen LogP contribution in [0.3, 0.4) is 0 Å². The molecule has 0 bridgehead atoms. The molecule has 5 nitrogen and oxygen atoms in total. The molecule has 0 saturated carbocycles. The predicted molar refractivity (Wildman–Crippen MR) is 127 cm³/mol. The Bertz CT molecular complexity index is 986. The first-order valence-electron chi connectivity index (χ1n) is 11.4. The van der Waals surface area contributed by atoms with Crippen LogP contribution in [0, 0.1) is 0 Å². The van der Waals surface area contributed by atoms with Crippen LogP contribution in [0.2, 0.25) is 0 Å². The molecule has 1 aromatic heterocycles. The molecule has 1 atom stereocenters. The number of likely N-dealkylation sites (tertiary alicyclic amines) is 1. The van der Waals surface area contributed by atoms with E-state index in [1.807, 2.05) is 73.1 Å². The highest BCUT2D eigenvalue weighted by atomic mass is 16.5. The largest absolute Gasteiger partial charge is 0.490 e. The Morgan fingerprint density at radius 3 is 2.59 bits per heavy atom. The number of pyridine rings is 1. The zero-order valence-corrected chi connectivity index (χ0v) is 18.6. The molecule has 0 unspecified atom stereocenters. The Morgan fingerprint density at radius 1 is 1.06 bits per heavy atom. The van der Waals surface area contributed by atoms with Gasteiger partial charge in [-0.25, -0.2) is 0 Å². The summed E-state index contributed by atoms with van der Waals surface area (Å²) < 4.78 is 6.24. The Hall–Kier alpha value is -3.18. The van der Waals surface area contributed by atoms with E-state index in [1.165, 1.54) is 5.56 Å². The molecule has 0 aliphatic carbocycles. The summed E-state index contributed by atoms with van der Waals surface area (Å²) in [5.74, 6) is 0.678. The standard InChI is InChI=1S/C27H31N3O2/c1-21(17-23-9-6-14-28-19-23)30-15-12-25(13-16-30)32-26-11-5-10-24(18-26)27(31)29-20-22-7-3-2-4-8-22/h2-11,14,18-19,21,25H,12-13,15-17,20H2,1H3,(H,29,31)/t21-/m0/s1. The van der Waals surface area contributed by atoms with Crippen LogP contribution in [-0.2, 0) is 13.0 Å². The Balaban J connectivity index is 1.25. The quantitative estimate of drug-likeness (QED) is 0.573. The number of amides is 1. The number of ether oxygens (including phenoxy) is 1. The number of benzene rings is 2. The SMILES string of the molecule is C[C@@H](Cc1cccnc1)N1CCC(Oc2cccc(C(=O)NCc3ccccc3)c2)CC1. The maximum atomic E-state index is 12.6. The minimum Gasteiger partial charge on any atom is -0.490 e. The fourth-order valence-electron chi connectivity index (χ4n) is 4.21. The lowest BCUT2D eigenvalue weighted by molar-refractivity contribution is 0.0795. The molecule has 3 aromatic rings. The number of piperidine rings is 1. The summed E-state index contributed by atoms with van der Waals surface area (Å²) in [5.41, 5.74) is 2.99. The summed E-state index contributed by atoms with van der Waals surface area (Å²) in [7, 11) is 0. The van der Waals surface area contributed by atoms with Crippen LogP contribution in [-0.4, -0.2) is 41.0 Å². The molecule has 5 heteroatoms. The Labute approximate surface area is 190 Å². The van der Waals surface area contributed by atoms with E-state index in [2.05, 4.69) is 28.2 Å². The second kappa shape index (κ2) is 10.9. The van der Waals surface area contributed by atoms with Crippen molar-refractivity contribution in [1.29, 1.82) is 0 Å². The van der Waals surface area contributed by atoms with Gasteiger partial charge >= 0.3 is 0 Å². The number of aromatic nitrogens is 1. The van der Waals surface area contributed by atoms with Crippen molar-refractivity contribution in [2.24, 2.45) is 0 Å². The third kappa shape index (κ3) is 6.17. The van der Waals surface area contributed by atoms with Crippen molar-refractivity contribution < 1.29 is 9.53 Å². The topological polar surface area (TPSA) is 54.5 Å². The van der Waals surface area contributed by atoms with Gasteiger partial charge in [-0.2, -0.15) is 0 Å². The van der Waals surface area contributed by atoms with Crippen LogP contribution < -0.4 is 10.1 Å². The van der Waals surface area contributed by atoms with E-state index < -0.39 is 0 Å². The summed E-state index contributed by atoms with van der Waals surface area (Å²) in [5, 5.41) is 2.98. The maximum absolute atomic E-state index is 12.6. The zero-order valence-electron chi connectivity index (χ0n) is 18.6. The molecule has 32 heavy (non-hydrogen) atoms. The van der Waals surface area contributed by atoms with Gasteiger partial charge in [-0.1, -0.05) is 42.5 Å². The number of hydrogen-bond acceptors (Lipinski definition) is 4. The lowest BCUT2D eigenvalue weighted by atomic mass is 10.0. The van der Waals surface area contributed by atoms with Crippen molar-refractivity contribution in [3.8, 4) is 5.75 Å². The van der Waals surface area contributed by atoms with Gasteiger partial charge in [0, 0.05) is 43.6 Å². The first-order valence-corrected chi connectivity index (χ1v) is 11.4. The lowest BCUT2D eigenvalue weighted by Gasteiger charge is -2.36. The highest BCUT2D eigenvalue weighted by Gasteiger charge is 2.24. The molecule has 2 aromatic carbocycles. The molecule has 1 aliphatic heterocycles. The Morgan fingerprint density at radius 2 is 1.84 bits per heavy atom. The van der Waals surface area contributed by atoms with E-state index in [1.54, 1.807) is 0 Å². The number of carbonyl (C=O) groups excluding carboxylic acids is 1. The van der Waals surface area contributed by atoms with Crippen LogP contribution in [0.15, 0.2) is 79.1 Å². The van der Waals surface area contributed by atoms with Gasteiger partial charge < -0.3 is 15.0 Å². The summed E-state index contributed by atoms with van der Waals surface area (Å²) in [6.07, 6.45) is 6.94. The van der Waals surface area contributed by atoms with Gasteiger partial charge in [-0.15, -0.1) is 0 Å². The molecular formula is C27H31N3O2. The van der Waals surface area contributed by atoms with Gasteiger partial charge in [0.25, 0.3) is 5.91 Å². The number of hydrogen-bond donors (Lipinski definition) is 1. The molecule has 1 amide bonds. The van der Waals surface area contributed by atoms with Crippen LogP contribution in [0.5, 0.6) is 5.75 Å². The van der Waals surface area contributed by atoms with Crippen molar-refractivity contribution in [2.75, 3.05) is 13.1 Å². The average molecular weight is 430 g/mol. The molecule has 1 N–H and O–H groups in total. The number of rotatable bonds is 8. The fraction of sp³-hybridized carbons (Fsp3) is 0.333. The molecule has 1 fully saturated rings. The molecule has 1 saturated heterocycles. The van der Waals surface area contributed by atoms with Gasteiger partial charge in [-0.3, -0.25) is 9.78 Å². The third-order valence-corrected chi connectivity index (χ3v) is 6.05. The number of nitrogens with zero attached hydrogens (tertiary/aromatic N) is 2. The summed E-state index contributed by atoms with van der Waals surface area (Å²) in [6, 6.07) is 22.0. The molecule has 0 spiro atoms. The van der Waals surface area contributed by atoms with E-state index in [9.17, 15) is 4.79 Å². The lowest BCUT2D eigenvalue weighted by Crippen LogP contribution is -2.43. The monoisotopic (exact) mass is 429 g/mol. The predicted octanol–water partition coefficient (Wildman–Crippen LogP) is 4.49. The number of carbonyl (C=O) groups is 1. The maximum Gasteiger partial charge on any atom is 0.251 e. The molecular weight excluding hydrogens is 398 g/mol. The van der Waals surface area contributed by atoms with Gasteiger partial charge in [0.2, 0.25) is 0 Å². The van der Waals surface area contributed by atoms with E-state index in [0.717, 1.165) is 43.7 Å². The summed E-state index contributed by atoms with van der Waals surface area (Å²) in [4.78, 5) is 19.3. The minimum absolute atomic E-state index is 0.0849. The third-order valence-electron chi connectivity index (χ3n) is 6.05. The van der Waals surface area contributed by atoms with Crippen molar-refractivity contribution in [2.45, 2.75) is 44.9 Å². The average Bonchev–Trinajstić information content (AvgIpc) is 2.84. The van der Waals surface area contributed by atoms with Gasteiger partial charge in [0.05, 0.1) is 0 Å². The molecule has 0 radical (unpaired) electrons. The van der Waals surface area contributed by atoms with Gasteiger partial charge in [-0.05, 0) is 61.6 Å². The first-order chi connectivity index (χ1) is 15.7. The van der Waals surface area contributed by atoms with Crippen molar-refractivity contribution >= 4 is 5.91 Å². The van der Waals surface area contributed by atoms with E-state index in [-0.39, 0.29) is 12.0 Å². The van der Waals surface area contributed by atoms with Crippen molar-refractivity contribution in [1.82, 2.24) is 15.2 Å². The van der Waals surface area contributed by atoms with Gasteiger partial charge in [0.1, 0.15) is 11.9 Å². The molecule has 2 heterocycles. The first kappa shape index (κ1) is 22.0.